The van der Waals surface area contributed by atoms with Crippen LogP contribution < -0.4 is 18.6 Å². The molecule has 0 atom stereocenters. The number of fused-ring (bicyclic) bond motifs is 2. The van der Waals surface area contributed by atoms with Crippen LogP contribution in [0.5, 0.6) is 0 Å². The average molecular weight is 530 g/mol. The smallest absolute Gasteiger partial charge is 0.199 e. The van der Waals surface area contributed by atoms with Gasteiger partial charge in [-0.3, -0.25) is 0 Å². The molecule has 1 aliphatic heterocycles. The summed E-state index contributed by atoms with van der Waals surface area (Å²) >= 11 is 0. The second kappa shape index (κ2) is 10.7. The number of hydrogen-bond donors (Lipinski definition) is 0. The van der Waals surface area contributed by atoms with Crippen LogP contribution in [0, 0.1) is 10.2 Å². The standard InChI is InChI=1S/C31H28NO.ClHO4/c1-32(2)24-14-16-25-23(19-24)13-15-26(25)27-17-18-28-29(21-9-5-3-6-10-21)20-30(33-31(27)28)22-11-7-4-8-12-22;2-1(3,4)5/h3-12,14,16,19-20H,13,15,17-18H2,1-2H3;(H,2,3,4,5)/q+1;/p-1. The number of nitrogens with zero attached hydrogens (tertiary/aromatic N) is 1. The van der Waals surface area contributed by atoms with E-state index in [-0.39, 0.29) is 0 Å². The van der Waals surface area contributed by atoms with Crippen LogP contribution in [-0.4, -0.2) is 24.4 Å². The number of halogens is 1. The van der Waals surface area contributed by atoms with Crippen molar-refractivity contribution >= 4 is 17.0 Å². The van der Waals surface area contributed by atoms with Gasteiger partial charge in [-0.25, -0.2) is 23.2 Å². The van der Waals surface area contributed by atoms with Gasteiger partial charge < -0.3 is 4.74 Å². The van der Waals surface area contributed by atoms with Gasteiger partial charge in [0.05, 0.1) is 0 Å². The number of hydrogen-bond acceptors (Lipinski definition) is 5. The molecule has 7 heteroatoms. The van der Waals surface area contributed by atoms with E-state index in [9.17, 15) is 0 Å². The van der Waals surface area contributed by atoms with Gasteiger partial charge in [0.15, 0.2) is 5.71 Å². The van der Waals surface area contributed by atoms with Crippen molar-refractivity contribution in [2.45, 2.75) is 25.7 Å². The third-order valence-corrected chi connectivity index (χ3v) is 7.07. The maximum absolute atomic E-state index is 8.49. The number of rotatable bonds is 3. The molecule has 0 bridgehead atoms. The first-order chi connectivity index (χ1) is 18.2. The largest absolute Gasteiger partial charge is 0.456 e. The quantitative estimate of drug-likeness (QED) is 0.566. The summed E-state index contributed by atoms with van der Waals surface area (Å²) in [7, 11) is -0.725. The lowest BCUT2D eigenvalue weighted by molar-refractivity contribution is -2.00. The van der Waals surface area contributed by atoms with E-state index in [1.165, 1.54) is 44.7 Å². The minimum atomic E-state index is -4.94. The molecule has 0 N–H and O–H groups in total. The third-order valence-electron chi connectivity index (χ3n) is 7.07. The molecule has 0 saturated carbocycles. The van der Waals surface area contributed by atoms with E-state index < -0.39 is 10.2 Å². The molecular formula is C31H28ClNO5. The van der Waals surface area contributed by atoms with E-state index >= 15 is 0 Å². The monoisotopic (exact) mass is 529 g/mol. The van der Waals surface area contributed by atoms with Gasteiger partial charge in [-0.1, -0.05) is 60.7 Å². The zero-order valence-corrected chi connectivity index (χ0v) is 22.0. The molecule has 0 amide bonds. The van der Waals surface area contributed by atoms with Crippen molar-refractivity contribution in [3.8, 4) is 0 Å². The van der Waals surface area contributed by atoms with Gasteiger partial charge in [-0.2, -0.15) is 0 Å². The fraction of sp³-hybridized carbons (Fsp3) is 0.194. The zero-order chi connectivity index (χ0) is 26.9. The van der Waals surface area contributed by atoms with Crippen LogP contribution >= 0.6 is 0 Å². The highest BCUT2D eigenvalue weighted by molar-refractivity contribution is 6.03. The molecule has 0 unspecified atom stereocenters. The highest BCUT2D eigenvalue weighted by Gasteiger charge is 2.34. The summed E-state index contributed by atoms with van der Waals surface area (Å²) in [6.45, 7) is 0. The van der Waals surface area contributed by atoms with Crippen LogP contribution in [0.25, 0.3) is 11.3 Å². The van der Waals surface area contributed by atoms with E-state index in [1.807, 2.05) is 0 Å². The Balaban J connectivity index is 0.000000540. The number of allylic oxidation sites excluding steroid dienone is 10. The maximum atomic E-state index is 8.49. The van der Waals surface area contributed by atoms with Crippen molar-refractivity contribution in [1.82, 2.24) is 0 Å². The van der Waals surface area contributed by atoms with Crippen molar-refractivity contribution in [3.63, 3.8) is 0 Å². The highest BCUT2D eigenvalue weighted by Crippen LogP contribution is 2.50. The lowest BCUT2D eigenvalue weighted by atomic mass is 9.94. The molecule has 4 aliphatic rings. The molecular weight excluding hydrogens is 502 g/mol. The molecule has 0 saturated heterocycles. The summed E-state index contributed by atoms with van der Waals surface area (Å²) in [6.07, 6.45) is 13.4. The van der Waals surface area contributed by atoms with Crippen molar-refractivity contribution in [3.05, 3.63) is 130 Å². The first kappa shape index (κ1) is 26.1. The molecule has 6 nitrogen and oxygen atoms in total. The van der Waals surface area contributed by atoms with Crippen molar-refractivity contribution in [2.24, 2.45) is 0 Å². The molecule has 2 aromatic carbocycles. The Kier molecular flexibility index (Phi) is 7.34. The Morgan fingerprint density at radius 2 is 1.24 bits per heavy atom. The van der Waals surface area contributed by atoms with E-state index in [4.69, 9.17) is 23.4 Å². The van der Waals surface area contributed by atoms with Gasteiger partial charge in [0, 0.05) is 23.3 Å². The first-order valence-corrected chi connectivity index (χ1v) is 13.7. The molecule has 0 aromatic heterocycles. The molecule has 1 heterocycles. The SMILES string of the molecule is C[N+](C)=C1C=CC2=C(C3=C4OC(c5ccccc5)=CC(c5ccccc5)=C4CC3)CCC2=C1.[O-][Cl+3]([O-])([O-])[O-]. The van der Waals surface area contributed by atoms with Crippen LogP contribution in [0.2, 0.25) is 0 Å². The normalized spacial score (nSPS) is 18.4. The molecule has 0 fully saturated rings. The molecule has 194 valence electrons. The Labute approximate surface area is 224 Å². The van der Waals surface area contributed by atoms with Gasteiger partial charge in [0.1, 0.15) is 25.6 Å². The Morgan fingerprint density at radius 3 is 1.87 bits per heavy atom. The van der Waals surface area contributed by atoms with Crippen molar-refractivity contribution in [2.75, 3.05) is 14.1 Å². The average Bonchev–Trinajstić information content (AvgIpc) is 3.51. The van der Waals surface area contributed by atoms with E-state index in [0.717, 1.165) is 42.8 Å². The van der Waals surface area contributed by atoms with E-state index in [2.05, 4.69) is 104 Å². The lowest BCUT2D eigenvalue weighted by Crippen LogP contribution is -2.68. The van der Waals surface area contributed by atoms with Gasteiger partial charge in [0.2, 0.25) is 0 Å². The molecule has 0 radical (unpaired) electrons. The Hall–Kier alpha value is -3.52. The summed E-state index contributed by atoms with van der Waals surface area (Å²) < 4.78 is 42.9. The minimum Gasteiger partial charge on any atom is -0.456 e. The predicted octanol–water partition coefficient (Wildman–Crippen LogP) is 2.10. The molecule has 3 aliphatic carbocycles. The Bertz CT molecular complexity index is 1460. The molecule has 38 heavy (non-hydrogen) atoms. The van der Waals surface area contributed by atoms with Crippen LogP contribution in [0.4, 0.5) is 0 Å². The van der Waals surface area contributed by atoms with Crippen molar-refractivity contribution in [1.29, 1.82) is 0 Å². The van der Waals surface area contributed by atoms with Gasteiger partial charge in [-0.15, -0.1) is 10.2 Å². The van der Waals surface area contributed by atoms with Crippen LogP contribution in [0.1, 0.15) is 36.8 Å². The molecule has 2 aromatic rings. The lowest BCUT2D eigenvalue weighted by Gasteiger charge is -2.23. The van der Waals surface area contributed by atoms with Crippen LogP contribution in [0.3, 0.4) is 0 Å². The summed E-state index contributed by atoms with van der Waals surface area (Å²) in [5, 5.41) is 0. The van der Waals surface area contributed by atoms with E-state index in [0.29, 0.717) is 0 Å². The highest BCUT2D eigenvalue weighted by atomic mass is 35.7. The molecule has 6 rings (SSSR count). The van der Waals surface area contributed by atoms with Gasteiger partial charge in [0.25, 0.3) is 0 Å². The third kappa shape index (κ3) is 5.65. The second-order valence-corrected chi connectivity index (χ2v) is 10.4. The fourth-order valence-electron chi connectivity index (χ4n) is 5.37. The predicted molar refractivity (Wildman–Crippen MR) is 136 cm³/mol. The number of benzene rings is 2. The second-order valence-electron chi connectivity index (χ2n) is 9.64. The summed E-state index contributed by atoms with van der Waals surface area (Å²) in [5.41, 5.74) is 12.0. The summed E-state index contributed by atoms with van der Waals surface area (Å²) in [6, 6.07) is 21.2. The Morgan fingerprint density at radius 1 is 0.658 bits per heavy atom. The topological polar surface area (TPSA) is 104 Å². The number of ether oxygens (including phenoxy) is 1. The molecule has 0 spiro atoms. The van der Waals surface area contributed by atoms with Gasteiger partial charge >= 0.3 is 0 Å². The minimum absolute atomic E-state index is 0.939. The maximum Gasteiger partial charge on any atom is 0.199 e. The van der Waals surface area contributed by atoms with E-state index in [1.54, 1.807) is 0 Å². The summed E-state index contributed by atoms with van der Waals surface area (Å²) in [5.74, 6) is 2.03. The van der Waals surface area contributed by atoms with Gasteiger partial charge in [-0.05, 0) is 71.3 Å². The van der Waals surface area contributed by atoms with Crippen molar-refractivity contribution < 1.29 is 38.2 Å². The zero-order valence-electron chi connectivity index (χ0n) is 21.3. The van der Waals surface area contributed by atoms with Crippen LogP contribution in [0.15, 0.2) is 119 Å². The fourth-order valence-corrected chi connectivity index (χ4v) is 5.37. The summed E-state index contributed by atoms with van der Waals surface area (Å²) in [4.78, 5) is 0. The van der Waals surface area contributed by atoms with Crippen LogP contribution in [-0.2, 0) is 4.74 Å². The first-order valence-electron chi connectivity index (χ1n) is 12.4.